The van der Waals surface area contributed by atoms with Gasteiger partial charge in [0.2, 0.25) is 5.91 Å². The van der Waals surface area contributed by atoms with Crippen LogP contribution >= 0.6 is 0 Å². The second kappa shape index (κ2) is 8.48. The molecule has 2 aromatic rings. The molecule has 5 rings (SSSR count). The van der Waals surface area contributed by atoms with Crippen LogP contribution in [0, 0.1) is 0 Å². The van der Waals surface area contributed by atoms with Crippen LogP contribution in [0.15, 0.2) is 48.5 Å². The van der Waals surface area contributed by atoms with Crippen molar-refractivity contribution in [3.8, 4) is 5.75 Å². The van der Waals surface area contributed by atoms with Crippen molar-refractivity contribution in [3.05, 3.63) is 59.7 Å². The van der Waals surface area contributed by atoms with Crippen molar-refractivity contribution in [3.63, 3.8) is 0 Å². The second-order valence-corrected chi connectivity index (χ2v) is 8.78. The van der Waals surface area contributed by atoms with Crippen LogP contribution in [0.3, 0.4) is 0 Å². The van der Waals surface area contributed by atoms with Crippen LogP contribution in [0.5, 0.6) is 5.75 Å². The lowest BCUT2D eigenvalue weighted by molar-refractivity contribution is -0.135. The Balaban J connectivity index is 1.43. The summed E-state index contributed by atoms with van der Waals surface area (Å²) in [4.78, 5) is 54.7. The number of ether oxygens (including phenoxy) is 1. The number of nitrogens with zero attached hydrogens (tertiary/aromatic N) is 2. The van der Waals surface area contributed by atoms with Crippen molar-refractivity contribution >= 4 is 29.4 Å². The number of nitrogens with one attached hydrogen (secondary N) is 2. The van der Waals surface area contributed by atoms with E-state index >= 15 is 0 Å². The van der Waals surface area contributed by atoms with E-state index in [0.717, 1.165) is 35.3 Å². The number of hydrogen-bond acceptors (Lipinski definition) is 5. The van der Waals surface area contributed by atoms with Crippen molar-refractivity contribution < 1.29 is 23.9 Å². The summed E-state index contributed by atoms with van der Waals surface area (Å²) in [5, 5.41) is 5.44. The number of carbonyl (C=O) groups is 4. The highest BCUT2D eigenvalue weighted by molar-refractivity contribution is 6.11. The van der Waals surface area contributed by atoms with Crippen LogP contribution in [0.1, 0.15) is 30.4 Å². The molecule has 0 bridgehead atoms. The fourth-order valence-corrected chi connectivity index (χ4v) is 5.11. The number of urea groups is 1. The molecule has 1 fully saturated rings. The number of benzene rings is 2. The summed E-state index contributed by atoms with van der Waals surface area (Å²) in [6.45, 7) is -0.448. The predicted molar refractivity (Wildman–Crippen MR) is 123 cm³/mol. The van der Waals surface area contributed by atoms with Crippen LogP contribution in [0.2, 0.25) is 0 Å². The summed E-state index contributed by atoms with van der Waals surface area (Å²) in [6, 6.07) is 14.0. The third-order valence-electron chi connectivity index (χ3n) is 6.81. The van der Waals surface area contributed by atoms with E-state index in [1.54, 1.807) is 24.3 Å². The zero-order chi connectivity index (χ0) is 23.9. The van der Waals surface area contributed by atoms with Gasteiger partial charge >= 0.3 is 6.03 Å². The molecule has 1 saturated heterocycles. The van der Waals surface area contributed by atoms with Crippen LogP contribution in [-0.4, -0.2) is 54.9 Å². The van der Waals surface area contributed by atoms with Crippen molar-refractivity contribution in [2.45, 2.75) is 37.3 Å². The number of imide groups is 1. The summed E-state index contributed by atoms with van der Waals surface area (Å²) in [7, 11) is 1.50. The Bertz CT molecular complexity index is 1180. The summed E-state index contributed by atoms with van der Waals surface area (Å²) in [6.07, 6.45) is 2.13. The van der Waals surface area contributed by atoms with Gasteiger partial charge in [0.1, 0.15) is 17.8 Å². The Morgan fingerprint density at radius 2 is 1.88 bits per heavy atom. The molecule has 9 nitrogen and oxygen atoms in total. The topological polar surface area (TPSA) is 108 Å². The van der Waals surface area contributed by atoms with Gasteiger partial charge in [-0.3, -0.25) is 19.3 Å². The minimum Gasteiger partial charge on any atom is -0.477 e. The van der Waals surface area contributed by atoms with Gasteiger partial charge in [-0.1, -0.05) is 36.4 Å². The number of hydrogen-bond donors (Lipinski definition) is 2. The zero-order valence-corrected chi connectivity index (χ0v) is 18.9. The molecular formula is C25H26N4O5. The van der Waals surface area contributed by atoms with E-state index in [0.29, 0.717) is 17.9 Å². The molecule has 1 spiro atoms. The summed E-state index contributed by atoms with van der Waals surface area (Å²) < 4.78 is 5.75. The molecule has 2 N–H and O–H groups in total. The van der Waals surface area contributed by atoms with Crippen LogP contribution < -0.4 is 20.3 Å². The van der Waals surface area contributed by atoms with Gasteiger partial charge in [0.25, 0.3) is 11.8 Å². The molecule has 9 heteroatoms. The largest absolute Gasteiger partial charge is 0.477 e. The Morgan fingerprint density at radius 3 is 2.71 bits per heavy atom. The van der Waals surface area contributed by atoms with Crippen LogP contribution in [-0.2, 0) is 26.3 Å². The zero-order valence-electron chi connectivity index (χ0n) is 18.9. The van der Waals surface area contributed by atoms with Gasteiger partial charge in [0.15, 0.2) is 6.10 Å². The first-order valence-corrected chi connectivity index (χ1v) is 11.4. The number of aryl methyl sites for hydroxylation is 1. The molecule has 0 unspecified atom stereocenters. The monoisotopic (exact) mass is 462 g/mol. The fraction of sp³-hybridized carbons (Fsp3) is 0.360. The summed E-state index contributed by atoms with van der Waals surface area (Å²) in [5.74, 6) is -0.852. The molecule has 0 saturated carbocycles. The molecule has 5 amide bonds. The lowest BCUT2D eigenvalue weighted by Crippen LogP contribution is -2.53. The van der Waals surface area contributed by atoms with Crippen molar-refractivity contribution in [1.82, 2.24) is 15.5 Å². The standard InChI is InChI=1S/C25H26N4O5/c1-26-22(31)20-14-28(18-11-4-5-12-19(18)34-20)21(30)15-29-23(32)25(27-24(29)33)13-7-6-9-16-8-2-3-10-17(16)25/h2-5,8,10-12,20H,6-7,9,13-15H2,1H3,(H,26,31)(H,27,33)/t20-,25+/m0/s1. The van der Waals surface area contributed by atoms with E-state index in [2.05, 4.69) is 10.6 Å². The molecule has 1 aliphatic carbocycles. The molecule has 2 atom stereocenters. The average Bonchev–Trinajstić information content (AvgIpc) is 2.99. The second-order valence-electron chi connectivity index (χ2n) is 8.78. The van der Waals surface area contributed by atoms with Crippen molar-refractivity contribution in [2.24, 2.45) is 0 Å². The normalized spacial score (nSPS) is 23.5. The Labute approximate surface area is 197 Å². The van der Waals surface area contributed by atoms with E-state index in [-0.39, 0.29) is 12.5 Å². The average molecular weight is 463 g/mol. The van der Waals surface area contributed by atoms with E-state index < -0.39 is 36.0 Å². The fourth-order valence-electron chi connectivity index (χ4n) is 5.11. The molecule has 2 aromatic carbocycles. The van der Waals surface area contributed by atoms with Gasteiger partial charge in [-0.15, -0.1) is 0 Å². The third kappa shape index (κ3) is 3.48. The third-order valence-corrected chi connectivity index (χ3v) is 6.81. The van der Waals surface area contributed by atoms with E-state index in [1.165, 1.54) is 11.9 Å². The predicted octanol–water partition coefficient (Wildman–Crippen LogP) is 1.70. The SMILES string of the molecule is CNC(=O)[C@@H]1CN(C(=O)CN2C(=O)N[C@@]3(CCCCc4ccccc43)C2=O)c2ccccc2O1. The van der Waals surface area contributed by atoms with Gasteiger partial charge in [-0.05, 0) is 48.9 Å². The Kier molecular flexibility index (Phi) is 5.47. The molecular weight excluding hydrogens is 436 g/mol. The first-order chi connectivity index (χ1) is 16.4. The Hall–Kier alpha value is -3.88. The Morgan fingerprint density at radius 1 is 1.12 bits per heavy atom. The van der Waals surface area contributed by atoms with E-state index in [1.807, 2.05) is 24.3 Å². The smallest absolute Gasteiger partial charge is 0.325 e. The lowest BCUT2D eigenvalue weighted by Gasteiger charge is -2.34. The number of amides is 5. The highest BCUT2D eigenvalue weighted by atomic mass is 16.5. The highest BCUT2D eigenvalue weighted by Gasteiger charge is 2.54. The number of fused-ring (bicyclic) bond motifs is 3. The van der Waals surface area contributed by atoms with Crippen molar-refractivity contribution in [1.29, 1.82) is 0 Å². The summed E-state index contributed by atoms with van der Waals surface area (Å²) >= 11 is 0. The first-order valence-electron chi connectivity index (χ1n) is 11.4. The summed E-state index contributed by atoms with van der Waals surface area (Å²) in [5.41, 5.74) is 1.18. The van der Waals surface area contributed by atoms with Crippen LogP contribution in [0.25, 0.3) is 0 Å². The number of rotatable bonds is 3. The molecule has 2 aliphatic heterocycles. The van der Waals surface area contributed by atoms with E-state index in [4.69, 9.17) is 4.74 Å². The maximum atomic E-state index is 13.7. The number of anilines is 1. The molecule has 3 aliphatic rings. The molecule has 34 heavy (non-hydrogen) atoms. The molecule has 2 heterocycles. The van der Waals surface area contributed by atoms with Gasteiger partial charge < -0.3 is 20.3 Å². The lowest BCUT2D eigenvalue weighted by atomic mass is 9.84. The van der Waals surface area contributed by atoms with Gasteiger partial charge in [-0.25, -0.2) is 4.79 Å². The maximum Gasteiger partial charge on any atom is 0.325 e. The van der Waals surface area contributed by atoms with Gasteiger partial charge in [0.05, 0.1) is 12.2 Å². The van der Waals surface area contributed by atoms with Gasteiger partial charge in [-0.2, -0.15) is 0 Å². The van der Waals surface area contributed by atoms with Gasteiger partial charge in [0, 0.05) is 7.05 Å². The molecule has 176 valence electrons. The molecule has 0 aromatic heterocycles. The minimum atomic E-state index is -1.15. The first kappa shape index (κ1) is 21.9. The quantitative estimate of drug-likeness (QED) is 0.675. The number of para-hydroxylation sites is 2. The maximum absolute atomic E-state index is 13.7. The highest BCUT2D eigenvalue weighted by Crippen LogP contribution is 2.39. The van der Waals surface area contributed by atoms with E-state index in [9.17, 15) is 19.2 Å². The minimum absolute atomic E-state index is 0.0207. The molecule has 0 radical (unpaired) electrons. The number of carbonyl (C=O) groups excluding carboxylic acids is 4. The number of likely N-dealkylation sites (N-methyl/N-ethyl adjacent to an activating group) is 1. The van der Waals surface area contributed by atoms with Crippen LogP contribution in [0.4, 0.5) is 10.5 Å². The van der Waals surface area contributed by atoms with Crippen molar-refractivity contribution in [2.75, 3.05) is 25.0 Å².